The van der Waals surface area contributed by atoms with Gasteiger partial charge in [-0.05, 0) is 38.2 Å². The fourth-order valence-corrected chi connectivity index (χ4v) is 5.48. The molecule has 31 heavy (non-hydrogen) atoms. The highest BCUT2D eigenvalue weighted by Gasteiger charge is 2.74. The van der Waals surface area contributed by atoms with Crippen molar-refractivity contribution in [1.29, 1.82) is 0 Å². The van der Waals surface area contributed by atoms with Crippen LogP contribution < -0.4 is 5.32 Å². The molecule has 0 aliphatic carbocycles. The number of esters is 1. The number of benzene rings is 1. The number of hydrogen-bond donors (Lipinski definition) is 2. The van der Waals surface area contributed by atoms with Gasteiger partial charge in [-0.1, -0.05) is 30.3 Å². The molecule has 0 radical (unpaired) electrons. The van der Waals surface area contributed by atoms with Gasteiger partial charge in [0, 0.05) is 19.7 Å². The Morgan fingerprint density at radius 3 is 2.77 bits per heavy atom. The van der Waals surface area contributed by atoms with Crippen molar-refractivity contribution in [3.05, 3.63) is 35.9 Å². The maximum atomic E-state index is 13.5. The Bertz CT molecular complexity index is 831. The molecule has 1 spiro atoms. The molecule has 1 aromatic carbocycles. The molecule has 4 rings (SSSR count). The number of likely N-dealkylation sites (tertiary alicyclic amines) is 1. The van der Waals surface area contributed by atoms with Crippen LogP contribution in [0.25, 0.3) is 0 Å². The van der Waals surface area contributed by atoms with Crippen LogP contribution in [0.4, 0.5) is 0 Å². The van der Waals surface area contributed by atoms with E-state index in [1.165, 1.54) is 0 Å². The number of rotatable bonds is 9. The van der Waals surface area contributed by atoms with Crippen molar-refractivity contribution in [2.24, 2.45) is 11.8 Å². The molecule has 2 bridgehead atoms. The standard InChI is InChI=1S/C23H30N2O6/c1-2-30-22(29)17-16-10-11-23(31-16)18(17)21(28)25(12-6-7-13-26)19(23)20(27)24-14-15-8-4-3-5-9-15/h3-5,8-9,16-19,26H,2,6-7,10-14H2,1H3,(H,24,27)/t16-,17+,18+,19-,23+/m1/s1. The van der Waals surface area contributed by atoms with Crippen LogP contribution in [0, 0.1) is 11.8 Å². The number of unbranched alkanes of at least 4 members (excludes halogenated alkanes) is 1. The Labute approximate surface area is 181 Å². The number of nitrogens with one attached hydrogen (secondary N) is 1. The van der Waals surface area contributed by atoms with Crippen molar-refractivity contribution in [2.45, 2.75) is 56.9 Å². The Morgan fingerprint density at radius 1 is 1.29 bits per heavy atom. The van der Waals surface area contributed by atoms with Gasteiger partial charge in [-0.15, -0.1) is 0 Å². The first-order valence-corrected chi connectivity index (χ1v) is 11.1. The van der Waals surface area contributed by atoms with Gasteiger partial charge in [0.25, 0.3) is 0 Å². The van der Waals surface area contributed by atoms with E-state index in [1.807, 2.05) is 30.3 Å². The van der Waals surface area contributed by atoms with Gasteiger partial charge < -0.3 is 24.8 Å². The number of amides is 2. The normalized spacial score (nSPS) is 31.0. The molecule has 2 amide bonds. The topological polar surface area (TPSA) is 105 Å². The van der Waals surface area contributed by atoms with Gasteiger partial charge in [0.2, 0.25) is 11.8 Å². The molecular formula is C23H30N2O6. The number of ether oxygens (including phenoxy) is 2. The van der Waals surface area contributed by atoms with Gasteiger partial charge in [-0.25, -0.2) is 0 Å². The van der Waals surface area contributed by atoms with Crippen LogP contribution >= 0.6 is 0 Å². The Kier molecular flexibility index (Phi) is 6.29. The summed E-state index contributed by atoms with van der Waals surface area (Å²) in [6, 6.07) is 8.78. The molecule has 3 heterocycles. The van der Waals surface area contributed by atoms with Crippen molar-refractivity contribution >= 4 is 17.8 Å². The number of nitrogens with zero attached hydrogens (tertiary/aromatic N) is 1. The highest BCUT2D eigenvalue weighted by molar-refractivity contribution is 5.98. The summed E-state index contributed by atoms with van der Waals surface area (Å²) in [4.78, 5) is 41.1. The van der Waals surface area contributed by atoms with E-state index in [2.05, 4.69) is 5.32 Å². The fraction of sp³-hybridized carbons (Fsp3) is 0.609. The van der Waals surface area contributed by atoms with Crippen LogP contribution in [0.1, 0.15) is 38.2 Å². The lowest BCUT2D eigenvalue weighted by molar-refractivity contribution is -0.154. The third kappa shape index (κ3) is 3.72. The Balaban J connectivity index is 1.60. The second-order valence-corrected chi connectivity index (χ2v) is 8.47. The molecular weight excluding hydrogens is 400 g/mol. The van der Waals surface area contributed by atoms with Crippen molar-refractivity contribution in [2.75, 3.05) is 19.8 Å². The molecule has 5 atom stereocenters. The molecule has 3 aliphatic heterocycles. The van der Waals surface area contributed by atoms with Crippen LogP contribution in [0.15, 0.2) is 30.3 Å². The lowest BCUT2D eigenvalue weighted by Crippen LogP contribution is -2.55. The molecule has 3 saturated heterocycles. The van der Waals surface area contributed by atoms with Gasteiger partial charge in [-0.3, -0.25) is 14.4 Å². The zero-order valence-corrected chi connectivity index (χ0v) is 17.8. The smallest absolute Gasteiger partial charge is 0.312 e. The predicted molar refractivity (Wildman–Crippen MR) is 111 cm³/mol. The monoisotopic (exact) mass is 430 g/mol. The highest BCUT2D eigenvalue weighted by Crippen LogP contribution is 2.58. The molecule has 0 unspecified atom stereocenters. The van der Waals surface area contributed by atoms with Crippen molar-refractivity contribution in [1.82, 2.24) is 10.2 Å². The molecule has 8 heteroatoms. The van der Waals surface area contributed by atoms with E-state index in [4.69, 9.17) is 14.6 Å². The summed E-state index contributed by atoms with van der Waals surface area (Å²) in [5.74, 6) is -2.29. The molecule has 1 aromatic rings. The molecule has 0 saturated carbocycles. The molecule has 3 fully saturated rings. The second kappa shape index (κ2) is 8.96. The maximum Gasteiger partial charge on any atom is 0.312 e. The van der Waals surface area contributed by atoms with Crippen molar-refractivity contribution in [3.8, 4) is 0 Å². The van der Waals surface area contributed by atoms with Crippen molar-refractivity contribution < 1.29 is 29.0 Å². The summed E-state index contributed by atoms with van der Waals surface area (Å²) < 4.78 is 11.5. The average Bonchev–Trinajstić information content (AvgIpc) is 3.41. The summed E-state index contributed by atoms with van der Waals surface area (Å²) in [5.41, 5.74) is -0.0406. The summed E-state index contributed by atoms with van der Waals surface area (Å²) in [6.45, 7) is 2.67. The van der Waals surface area contributed by atoms with Crippen LogP contribution in [0.3, 0.4) is 0 Å². The number of carbonyl (C=O) groups is 3. The first kappa shape index (κ1) is 21.8. The lowest BCUT2D eigenvalue weighted by Gasteiger charge is -2.33. The quantitative estimate of drug-likeness (QED) is 0.448. The third-order valence-corrected chi connectivity index (χ3v) is 6.72. The van der Waals surface area contributed by atoms with E-state index in [1.54, 1.807) is 11.8 Å². The summed E-state index contributed by atoms with van der Waals surface area (Å²) in [6.07, 6.45) is 1.90. The van der Waals surface area contributed by atoms with Gasteiger partial charge in [-0.2, -0.15) is 0 Å². The number of fused-ring (bicyclic) bond motifs is 1. The number of carbonyl (C=O) groups excluding carboxylic acids is 3. The highest BCUT2D eigenvalue weighted by atomic mass is 16.6. The fourth-order valence-electron chi connectivity index (χ4n) is 5.48. The molecule has 8 nitrogen and oxygen atoms in total. The predicted octanol–water partition coefficient (Wildman–Crippen LogP) is 1.01. The Hall–Kier alpha value is -2.45. The van der Waals surface area contributed by atoms with E-state index in [-0.39, 0.29) is 25.0 Å². The lowest BCUT2D eigenvalue weighted by atomic mass is 9.71. The molecule has 0 aromatic heterocycles. The second-order valence-electron chi connectivity index (χ2n) is 8.47. The zero-order valence-electron chi connectivity index (χ0n) is 17.8. The minimum Gasteiger partial charge on any atom is -0.466 e. The van der Waals surface area contributed by atoms with E-state index in [0.717, 1.165) is 5.56 Å². The van der Waals surface area contributed by atoms with Gasteiger partial charge in [0.15, 0.2) is 0 Å². The zero-order chi connectivity index (χ0) is 22.0. The van der Waals surface area contributed by atoms with Crippen molar-refractivity contribution in [3.63, 3.8) is 0 Å². The van der Waals surface area contributed by atoms with Crippen LogP contribution in [-0.2, 0) is 30.4 Å². The number of aliphatic hydroxyl groups excluding tert-OH is 1. The minimum absolute atomic E-state index is 0.0193. The first-order valence-electron chi connectivity index (χ1n) is 11.1. The first-order chi connectivity index (χ1) is 15.0. The van der Waals surface area contributed by atoms with E-state index in [0.29, 0.717) is 38.8 Å². The van der Waals surface area contributed by atoms with Crippen LogP contribution in [0.5, 0.6) is 0 Å². The summed E-state index contributed by atoms with van der Waals surface area (Å²) in [7, 11) is 0. The minimum atomic E-state index is -1.00. The van der Waals surface area contributed by atoms with Gasteiger partial charge in [0.1, 0.15) is 11.6 Å². The third-order valence-electron chi connectivity index (χ3n) is 6.72. The van der Waals surface area contributed by atoms with E-state index >= 15 is 0 Å². The summed E-state index contributed by atoms with van der Waals surface area (Å²) in [5, 5.41) is 12.1. The number of aliphatic hydroxyl groups is 1. The largest absolute Gasteiger partial charge is 0.466 e. The maximum absolute atomic E-state index is 13.5. The Morgan fingerprint density at radius 2 is 2.06 bits per heavy atom. The SMILES string of the molecule is CCOC(=O)[C@@H]1[C@H]2C(=O)N(CCCCO)[C@H](C(=O)NCc3ccccc3)[C@]23CC[C@H]1O3. The average molecular weight is 431 g/mol. The molecule has 3 aliphatic rings. The van der Waals surface area contributed by atoms with Gasteiger partial charge >= 0.3 is 5.97 Å². The van der Waals surface area contributed by atoms with E-state index < -0.39 is 35.6 Å². The number of hydrogen-bond acceptors (Lipinski definition) is 6. The summed E-state index contributed by atoms with van der Waals surface area (Å²) >= 11 is 0. The molecule has 2 N–H and O–H groups in total. The molecule has 168 valence electrons. The van der Waals surface area contributed by atoms with E-state index in [9.17, 15) is 14.4 Å². The van der Waals surface area contributed by atoms with Gasteiger partial charge in [0.05, 0.1) is 24.5 Å². The van der Waals surface area contributed by atoms with Crippen LogP contribution in [-0.4, -0.2) is 65.3 Å². The van der Waals surface area contributed by atoms with Crippen LogP contribution in [0.2, 0.25) is 0 Å².